The molecule has 18 heavy (non-hydrogen) atoms. The summed E-state index contributed by atoms with van der Waals surface area (Å²) in [5, 5.41) is 9.17. The first-order chi connectivity index (χ1) is 8.58. The maximum atomic E-state index is 12.4. The van der Waals surface area contributed by atoms with Crippen LogP contribution in [0, 0.1) is 5.92 Å². The number of carboxylic acid groups (broad SMARTS) is 1. The van der Waals surface area contributed by atoms with E-state index in [1.807, 2.05) is 6.07 Å². The summed E-state index contributed by atoms with van der Waals surface area (Å²) in [5.41, 5.74) is 0. The molecule has 1 N–H and O–H groups in total. The molecule has 1 amide bonds. The molecular formula is C12H12BrNO3S. The van der Waals surface area contributed by atoms with Gasteiger partial charge in [0.05, 0.1) is 14.6 Å². The average molecular weight is 330 g/mol. The van der Waals surface area contributed by atoms with Crippen LogP contribution in [0.25, 0.3) is 0 Å². The number of nitrogens with zero attached hydrogens (tertiary/aromatic N) is 1. The zero-order chi connectivity index (χ0) is 12.9. The Balaban J connectivity index is 1.85. The molecule has 0 aliphatic carbocycles. The van der Waals surface area contributed by atoms with E-state index in [9.17, 15) is 9.59 Å². The predicted molar refractivity (Wildman–Crippen MR) is 70.7 cm³/mol. The number of fused-ring (bicyclic) bond motifs is 2. The number of amides is 1. The lowest BCUT2D eigenvalue weighted by atomic mass is 9.89. The van der Waals surface area contributed by atoms with Gasteiger partial charge in [0.2, 0.25) is 0 Å². The second kappa shape index (κ2) is 4.35. The normalized spacial score (nSPS) is 29.8. The fraction of sp³-hybridized carbons (Fsp3) is 0.500. The molecule has 0 spiro atoms. The SMILES string of the molecule is O=C(O)C1CC2CCC1N2C(=O)c1ccc(Br)s1. The van der Waals surface area contributed by atoms with Gasteiger partial charge in [-0.2, -0.15) is 0 Å². The fourth-order valence-corrected chi connectivity index (χ4v) is 4.46. The molecule has 0 saturated carbocycles. The first-order valence-corrected chi connectivity index (χ1v) is 7.49. The van der Waals surface area contributed by atoms with Crippen LogP contribution < -0.4 is 0 Å². The van der Waals surface area contributed by atoms with E-state index < -0.39 is 5.97 Å². The third kappa shape index (κ3) is 1.78. The van der Waals surface area contributed by atoms with Gasteiger partial charge >= 0.3 is 5.97 Å². The number of hydrogen-bond donors (Lipinski definition) is 1. The van der Waals surface area contributed by atoms with Crippen molar-refractivity contribution >= 4 is 39.1 Å². The Kier molecular flexibility index (Phi) is 2.94. The zero-order valence-corrected chi connectivity index (χ0v) is 11.9. The minimum atomic E-state index is -0.771. The predicted octanol–water partition coefficient (Wildman–Crippen LogP) is 2.59. The zero-order valence-electron chi connectivity index (χ0n) is 9.51. The molecule has 3 heterocycles. The van der Waals surface area contributed by atoms with Crippen LogP contribution in [0.4, 0.5) is 0 Å². The summed E-state index contributed by atoms with van der Waals surface area (Å²) in [6, 6.07) is 3.65. The van der Waals surface area contributed by atoms with Crippen molar-refractivity contribution in [2.24, 2.45) is 5.92 Å². The molecule has 2 bridgehead atoms. The van der Waals surface area contributed by atoms with Crippen molar-refractivity contribution in [2.75, 3.05) is 0 Å². The van der Waals surface area contributed by atoms with Crippen molar-refractivity contribution in [2.45, 2.75) is 31.3 Å². The van der Waals surface area contributed by atoms with Crippen LogP contribution in [-0.4, -0.2) is 34.0 Å². The first-order valence-electron chi connectivity index (χ1n) is 5.88. The highest BCUT2D eigenvalue weighted by atomic mass is 79.9. The molecular weight excluding hydrogens is 318 g/mol. The smallest absolute Gasteiger partial charge is 0.308 e. The summed E-state index contributed by atoms with van der Waals surface area (Å²) >= 11 is 4.75. The third-order valence-corrected chi connectivity index (χ3v) is 5.48. The van der Waals surface area contributed by atoms with E-state index >= 15 is 0 Å². The maximum absolute atomic E-state index is 12.4. The van der Waals surface area contributed by atoms with Gasteiger partial charge in [0.15, 0.2) is 0 Å². The van der Waals surface area contributed by atoms with E-state index in [0.717, 1.165) is 16.6 Å². The summed E-state index contributed by atoms with van der Waals surface area (Å²) in [7, 11) is 0. The second-order valence-electron chi connectivity index (χ2n) is 4.80. The van der Waals surface area contributed by atoms with Gasteiger partial charge in [-0.3, -0.25) is 9.59 Å². The highest BCUT2D eigenvalue weighted by Gasteiger charge is 2.51. The Labute approximate surface area is 117 Å². The number of halogens is 1. The van der Waals surface area contributed by atoms with Crippen molar-refractivity contribution in [3.05, 3.63) is 20.8 Å². The maximum Gasteiger partial charge on any atom is 0.308 e. The number of aliphatic carboxylic acids is 1. The molecule has 0 radical (unpaired) electrons. The molecule has 96 valence electrons. The third-order valence-electron chi connectivity index (χ3n) is 3.87. The van der Waals surface area contributed by atoms with Crippen molar-refractivity contribution < 1.29 is 14.7 Å². The van der Waals surface area contributed by atoms with Crippen molar-refractivity contribution in [3.8, 4) is 0 Å². The van der Waals surface area contributed by atoms with E-state index in [1.54, 1.807) is 11.0 Å². The molecule has 2 saturated heterocycles. The van der Waals surface area contributed by atoms with Crippen LogP contribution in [0.15, 0.2) is 15.9 Å². The van der Waals surface area contributed by atoms with Crippen molar-refractivity contribution in [1.29, 1.82) is 0 Å². The summed E-state index contributed by atoms with van der Waals surface area (Å²) in [4.78, 5) is 26.1. The number of carboxylic acids is 1. The van der Waals surface area contributed by atoms with Crippen LogP contribution in [-0.2, 0) is 4.79 Å². The van der Waals surface area contributed by atoms with Crippen LogP contribution in [0.5, 0.6) is 0 Å². The minimum Gasteiger partial charge on any atom is -0.481 e. The lowest BCUT2D eigenvalue weighted by Gasteiger charge is -2.22. The highest BCUT2D eigenvalue weighted by molar-refractivity contribution is 9.11. The molecule has 1 aromatic rings. The largest absolute Gasteiger partial charge is 0.481 e. The lowest BCUT2D eigenvalue weighted by Crippen LogP contribution is -2.37. The number of hydrogen-bond acceptors (Lipinski definition) is 3. The Morgan fingerprint density at radius 2 is 2.17 bits per heavy atom. The average Bonchev–Trinajstić information content (AvgIpc) is 3.01. The highest BCUT2D eigenvalue weighted by Crippen LogP contribution is 2.43. The van der Waals surface area contributed by atoms with Crippen LogP contribution in [0.1, 0.15) is 28.9 Å². The molecule has 0 aromatic carbocycles. The van der Waals surface area contributed by atoms with E-state index in [4.69, 9.17) is 5.11 Å². The summed E-state index contributed by atoms with van der Waals surface area (Å²) in [5.74, 6) is -1.16. The van der Waals surface area contributed by atoms with Crippen LogP contribution in [0.3, 0.4) is 0 Å². The van der Waals surface area contributed by atoms with E-state index in [-0.39, 0.29) is 23.9 Å². The molecule has 2 aliphatic rings. The number of carbonyl (C=O) groups excluding carboxylic acids is 1. The van der Waals surface area contributed by atoms with Gasteiger partial charge in [0.1, 0.15) is 0 Å². The van der Waals surface area contributed by atoms with Gasteiger partial charge in [-0.15, -0.1) is 11.3 Å². The van der Waals surface area contributed by atoms with Gasteiger partial charge in [-0.1, -0.05) is 0 Å². The van der Waals surface area contributed by atoms with Crippen molar-refractivity contribution in [3.63, 3.8) is 0 Å². The molecule has 3 atom stereocenters. The van der Waals surface area contributed by atoms with Gasteiger partial charge < -0.3 is 10.0 Å². The standard InChI is InChI=1S/C12H12BrNO3S/c13-10-4-3-9(18-10)11(15)14-6-1-2-8(14)7(5-6)12(16)17/h3-4,6-8H,1-2,5H2,(H,16,17). The molecule has 2 aliphatic heterocycles. The van der Waals surface area contributed by atoms with Gasteiger partial charge in [0.25, 0.3) is 5.91 Å². The van der Waals surface area contributed by atoms with E-state index in [2.05, 4.69) is 15.9 Å². The fourth-order valence-electron chi connectivity index (χ4n) is 3.13. The first kappa shape index (κ1) is 12.2. The van der Waals surface area contributed by atoms with Gasteiger partial charge in [-0.25, -0.2) is 0 Å². The molecule has 3 unspecified atom stereocenters. The number of thiophene rings is 1. The Morgan fingerprint density at radius 1 is 1.39 bits per heavy atom. The molecule has 6 heteroatoms. The minimum absolute atomic E-state index is 0.0121. The molecule has 2 fully saturated rings. The summed E-state index contributed by atoms with van der Waals surface area (Å²) in [6.45, 7) is 0. The molecule has 4 nitrogen and oxygen atoms in total. The quantitative estimate of drug-likeness (QED) is 0.907. The second-order valence-corrected chi connectivity index (χ2v) is 7.26. The van der Waals surface area contributed by atoms with Crippen molar-refractivity contribution in [1.82, 2.24) is 4.90 Å². The van der Waals surface area contributed by atoms with Gasteiger partial charge in [0, 0.05) is 12.1 Å². The lowest BCUT2D eigenvalue weighted by molar-refractivity contribution is -0.142. The summed E-state index contributed by atoms with van der Waals surface area (Å²) < 4.78 is 0.923. The van der Waals surface area contributed by atoms with Crippen LogP contribution in [0.2, 0.25) is 0 Å². The Hall–Kier alpha value is -0.880. The van der Waals surface area contributed by atoms with E-state index in [0.29, 0.717) is 11.3 Å². The molecule has 1 aromatic heterocycles. The van der Waals surface area contributed by atoms with E-state index in [1.165, 1.54) is 11.3 Å². The topological polar surface area (TPSA) is 57.6 Å². The summed E-state index contributed by atoms with van der Waals surface area (Å²) in [6.07, 6.45) is 2.37. The molecule has 3 rings (SSSR count). The Bertz CT molecular complexity index is 515. The monoisotopic (exact) mass is 329 g/mol. The Morgan fingerprint density at radius 3 is 2.72 bits per heavy atom. The number of rotatable bonds is 2. The number of carbonyl (C=O) groups is 2. The van der Waals surface area contributed by atoms with Gasteiger partial charge in [-0.05, 0) is 47.3 Å². The van der Waals surface area contributed by atoms with Crippen LogP contribution >= 0.6 is 27.3 Å².